The van der Waals surface area contributed by atoms with E-state index in [1.54, 1.807) is 28.8 Å². The normalized spacial score (nSPS) is 11.0. The molecule has 1 amide bonds. The fraction of sp³-hybridized carbons (Fsp3) is 0.182. The van der Waals surface area contributed by atoms with Gasteiger partial charge in [-0.05, 0) is 48.9 Å². The fourth-order valence-corrected chi connectivity index (χ4v) is 5.14. The van der Waals surface area contributed by atoms with E-state index in [0.29, 0.717) is 36.9 Å². The molecule has 0 bridgehead atoms. The van der Waals surface area contributed by atoms with Crippen LogP contribution < -0.4 is 10.1 Å². The van der Waals surface area contributed by atoms with Crippen LogP contribution >= 0.6 is 57.9 Å². The summed E-state index contributed by atoms with van der Waals surface area (Å²) in [5.74, 6) is 1.32. The first-order valence-corrected chi connectivity index (χ1v) is 12.9. The maximum Gasteiger partial charge on any atom is 0.236 e. The Kier molecular flexibility index (Phi) is 8.00. The lowest BCUT2D eigenvalue weighted by atomic mass is 10.2. The van der Waals surface area contributed by atoms with E-state index in [1.807, 2.05) is 31.5 Å². The topological polar surface area (TPSA) is 81.9 Å². The zero-order chi connectivity index (χ0) is 24.2. The number of aryl methyl sites for hydroxylation is 1. The summed E-state index contributed by atoms with van der Waals surface area (Å²) in [7, 11) is 1.83. The lowest BCUT2D eigenvalue weighted by Crippen LogP contribution is -2.14. The summed E-state index contributed by atoms with van der Waals surface area (Å²) >= 11 is 20.8. The number of ether oxygens (including phenoxy) is 1. The van der Waals surface area contributed by atoms with Crippen LogP contribution in [0.25, 0.3) is 11.3 Å². The Balaban J connectivity index is 1.31. The lowest BCUT2D eigenvalue weighted by molar-refractivity contribution is -0.113. The van der Waals surface area contributed by atoms with Crippen LogP contribution in [0.1, 0.15) is 11.4 Å². The van der Waals surface area contributed by atoms with E-state index in [4.69, 9.17) is 39.5 Å². The molecule has 0 spiro atoms. The zero-order valence-corrected chi connectivity index (χ0v) is 21.9. The van der Waals surface area contributed by atoms with Gasteiger partial charge in [-0.15, -0.1) is 21.5 Å². The average Bonchev–Trinajstić information content (AvgIpc) is 3.38. The zero-order valence-electron chi connectivity index (χ0n) is 18.0. The highest BCUT2D eigenvalue weighted by atomic mass is 35.5. The van der Waals surface area contributed by atoms with E-state index < -0.39 is 0 Å². The van der Waals surface area contributed by atoms with Crippen LogP contribution in [0.4, 0.5) is 5.13 Å². The molecule has 34 heavy (non-hydrogen) atoms. The Labute approximate surface area is 219 Å². The number of carbonyl (C=O) groups excluding carboxylic acids is 1. The van der Waals surface area contributed by atoms with Gasteiger partial charge in [0.05, 0.1) is 16.5 Å². The largest absolute Gasteiger partial charge is 0.485 e. The minimum absolute atomic E-state index is 0.153. The third-order valence-corrected chi connectivity index (χ3v) is 7.27. The molecule has 7 nitrogen and oxygen atoms in total. The molecular formula is C22H18Cl3N5O2S2. The second kappa shape index (κ2) is 11.0. The smallest absolute Gasteiger partial charge is 0.236 e. The molecule has 176 valence electrons. The van der Waals surface area contributed by atoms with Crippen molar-refractivity contribution >= 4 is 68.9 Å². The number of carbonyl (C=O) groups is 1. The van der Waals surface area contributed by atoms with E-state index in [-0.39, 0.29) is 18.3 Å². The van der Waals surface area contributed by atoms with Gasteiger partial charge in [0.2, 0.25) is 5.91 Å². The van der Waals surface area contributed by atoms with E-state index in [1.165, 1.54) is 23.1 Å². The van der Waals surface area contributed by atoms with Gasteiger partial charge in [0.15, 0.2) is 16.1 Å². The van der Waals surface area contributed by atoms with Gasteiger partial charge >= 0.3 is 0 Å². The van der Waals surface area contributed by atoms with Crippen molar-refractivity contribution < 1.29 is 9.53 Å². The van der Waals surface area contributed by atoms with Crippen molar-refractivity contribution in [3.63, 3.8) is 0 Å². The summed E-state index contributed by atoms with van der Waals surface area (Å²) in [6.45, 7) is 2.17. The molecule has 0 fully saturated rings. The molecule has 0 radical (unpaired) electrons. The SMILES string of the molecule is Cc1cc(Cl)ccc1OCc1nnc(SCC(=O)Nc2nc(-c3ccc(Cl)cc3Cl)cs2)n1C. The Bertz CT molecular complexity index is 1340. The van der Waals surface area contributed by atoms with Crippen molar-refractivity contribution in [1.29, 1.82) is 0 Å². The number of anilines is 1. The number of thiazole rings is 1. The quantitative estimate of drug-likeness (QED) is 0.250. The molecule has 0 aliphatic rings. The molecule has 2 aromatic carbocycles. The molecule has 1 N–H and O–H groups in total. The van der Waals surface area contributed by atoms with Gasteiger partial charge in [-0.3, -0.25) is 4.79 Å². The summed E-state index contributed by atoms with van der Waals surface area (Å²) in [4.78, 5) is 16.9. The summed E-state index contributed by atoms with van der Waals surface area (Å²) in [5.41, 5.74) is 2.35. The van der Waals surface area contributed by atoms with Gasteiger partial charge in [-0.25, -0.2) is 4.98 Å². The number of aromatic nitrogens is 4. The van der Waals surface area contributed by atoms with E-state index in [0.717, 1.165) is 16.9 Å². The average molecular weight is 555 g/mol. The maximum absolute atomic E-state index is 12.4. The van der Waals surface area contributed by atoms with Crippen molar-refractivity contribution in [2.24, 2.45) is 7.05 Å². The van der Waals surface area contributed by atoms with Crippen molar-refractivity contribution in [2.75, 3.05) is 11.1 Å². The molecule has 0 atom stereocenters. The molecule has 0 unspecified atom stereocenters. The predicted molar refractivity (Wildman–Crippen MR) is 138 cm³/mol. The van der Waals surface area contributed by atoms with Crippen molar-refractivity contribution in [3.8, 4) is 17.0 Å². The summed E-state index contributed by atoms with van der Waals surface area (Å²) in [5, 5.41) is 15.8. The molecule has 4 aromatic rings. The second-order valence-corrected chi connectivity index (χ2v) is 10.2. The number of hydrogen-bond donors (Lipinski definition) is 1. The van der Waals surface area contributed by atoms with Gasteiger partial charge < -0.3 is 14.6 Å². The highest BCUT2D eigenvalue weighted by molar-refractivity contribution is 7.99. The third-order valence-electron chi connectivity index (χ3n) is 4.71. The fourth-order valence-electron chi connectivity index (χ4n) is 2.95. The van der Waals surface area contributed by atoms with Crippen LogP contribution in [0.2, 0.25) is 15.1 Å². The number of rotatable bonds is 8. The Morgan fingerprint density at radius 1 is 1.15 bits per heavy atom. The molecule has 0 aliphatic carbocycles. The Morgan fingerprint density at radius 2 is 1.91 bits per heavy atom. The second-order valence-electron chi connectivity index (χ2n) is 7.16. The molecule has 0 aliphatic heterocycles. The minimum Gasteiger partial charge on any atom is -0.485 e. The monoisotopic (exact) mass is 553 g/mol. The van der Waals surface area contributed by atoms with Crippen LogP contribution in [0, 0.1) is 6.92 Å². The van der Waals surface area contributed by atoms with Gasteiger partial charge in [0.1, 0.15) is 12.4 Å². The van der Waals surface area contributed by atoms with E-state index in [9.17, 15) is 4.79 Å². The minimum atomic E-state index is -0.203. The molecule has 4 rings (SSSR count). The van der Waals surface area contributed by atoms with Gasteiger partial charge in [0, 0.05) is 28.0 Å². The van der Waals surface area contributed by atoms with Crippen molar-refractivity contribution in [2.45, 2.75) is 18.7 Å². The van der Waals surface area contributed by atoms with Crippen LogP contribution in [0.15, 0.2) is 46.9 Å². The van der Waals surface area contributed by atoms with Gasteiger partial charge in [0.25, 0.3) is 0 Å². The molecule has 2 aromatic heterocycles. The van der Waals surface area contributed by atoms with E-state index in [2.05, 4.69) is 20.5 Å². The van der Waals surface area contributed by atoms with Gasteiger partial charge in [-0.1, -0.05) is 46.6 Å². The van der Waals surface area contributed by atoms with Crippen LogP contribution in [0.5, 0.6) is 5.75 Å². The number of nitrogens with one attached hydrogen (secondary N) is 1. The molecule has 0 saturated carbocycles. The van der Waals surface area contributed by atoms with E-state index >= 15 is 0 Å². The first kappa shape index (κ1) is 24.8. The van der Waals surface area contributed by atoms with Gasteiger partial charge in [-0.2, -0.15) is 0 Å². The maximum atomic E-state index is 12.4. The van der Waals surface area contributed by atoms with Crippen LogP contribution in [0.3, 0.4) is 0 Å². The molecule has 2 heterocycles. The Morgan fingerprint density at radius 3 is 2.68 bits per heavy atom. The first-order chi connectivity index (χ1) is 16.3. The number of halogens is 3. The molecular weight excluding hydrogens is 537 g/mol. The number of hydrogen-bond acceptors (Lipinski definition) is 7. The number of benzene rings is 2. The van der Waals surface area contributed by atoms with Crippen molar-refractivity contribution in [1.82, 2.24) is 19.7 Å². The molecule has 12 heteroatoms. The summed E-state index contributed by atoms with van der Waals surface area (Å²) in [6, 6.07) is 10.6. The van der Waals surface area contributed by atoms with Crippen molar-refractivity contribution in [3.05, 3.63) is 68.2 Å². The van der Waals surface area contributed by atoms with Crippen LogP contribution in [-0.4, -0.2) is 31.4 Å². The standard InChI is InChI=1S/C22H18Cl3N5O2S2/c1-12-7-13(23)4-6-18(12)32-9-19-28-29-22(30(19)2)34-11-20(31)27-21-26-17(10-33-21)15-5-3-14(24)8-16(15)25/h3-8,10H,9,11H2,1-2H3,(H,26,27,31). The number of nitrogens with zero attached hydrogens (tertiary/aromatic N) is 4. The highest BCUT2D eigenvalue weighted by Gasteiger charge is 2.15. The molecule has 0 saturated heterocycles. The third kappa shape index (κ3) is 6.03. The highest BCUT2D eigenvalue weighted by Crippen LogP contribution is 2.32. The summed E-state index contributed by atoms with van der Waals surface area (Å²) < 4.78 is 7.63. The first-order valence-electron chi connectivity index (χ1n) is 9.91. The number of thioether (sulfide) groups is 1. The summed E-state index contributed by atoms with van der Waals surface area (Å²) in [6.07, 6.45) is 0. The predicted octanol–water partition coefficient (Wildman–Crippen LogP) is 6.52. The number of amides is 1. The van der Waals surface area contributed by atoms with Crippen LogP contribution in [-0.2, 0) is 18.4 Å². The lowest BCUT2D eigenvalue weighted by Gasteiger charge is -2.09. The Hall–Kier alpha value is -2.30.